The van der Waals surface area contributed by atoms with Crippen molar-refractivity contribution >= 4 is 17.7 Å². The molecule has 0 aromatic heterocycles. The summed E-state index contributed by atoms with van der Waals surface area (Å²) < 4.78 is 0. The SMILES string of the molecule is CC1CCCN(C(=O)Nc2ccccc2C#N)C1C(=O)O. The molecule has 0 spiro atoms. The molecule has 110 valence electrons. The van der Waals surface area contributed by atoms with E-state index in [-0.39, 0.29) is 5.92 Å². The lowest BCUT2D eigenvalue weighted by atomic mass is 9.91. The third-order valence-corrected chi connectivity index (χ3v) is 3.74. The van der Waals surface area contributed by atoms with Gasteiger partial charge < -0.3 is 15.3 Å². The molecule has 6 heteroatoms. The van der Waals surface area contributed by atoms with E-state index in [1.54, 1.807) is 24.3 Å². The van der Waals surface area contributed by atoms with Crippen LogP contribution in [0.5, 0.6) is 0 Å². The highest BCUT2D eigenvalue weighted by atomic mass is 16.4. The summed E-state index contributed by atoms with van der Waals surface area (Å²) in [6, 6.07) is 7.34. The molecule has 0 saturated carbocycles. The summed E-state index contributed by atoms with van der Waals surface area (Å²) in [4.78, 5) is 25.1. The number of piperidine rings is 1. The maximum Gasteiger partial charge on any atom is 0.326 e. The highest BCUT2D eigenvalue weighted by molar-refractivity contribution is 5.93. The number of carboxylic acids is 1. The van der Waals surface area contributed by atoms with Crippen LogP contribution in [0.1, 0.15) is 25.3 Å². The molecule has 1 aliphatic rings. The molecule has 2 rings (SSSR count). The first kappa shape index (κ1) is 14.9. The number of nitrogens with zero attached hydrogens (tertiary/aromatic N) is 2. The molecule has 6 nitrogen and oxygen atoms in total. The molecule has 2 amide bonds. The number of carbonyl (C=O) groups is 2. The zero-order chi connectivity index (χ0) is 15.4. The Morgan fingerprint density at radius 2 is 2.14 bits per heavy atom. The van der Waals surface area contributed by atoms with E-state index in [4.69, 9.17) is 5.26 Å². The molecule has 2 unspecified atom stereocenters. The maximum absolute atomic E-state index is 12.3. The minimum absolute atomic E-state index is 0.0896. The second-order valence-corrected chi connectivity index (χ2v) is 5.18. The van der Waals surface area contributed by atoms with E-state index in [0.717, 1.165) is 12.8 Å². The number of nitriles is 1. The lowest BCUT2D eigenvalue weighted by Crippen LogP contribution is -2.53. The monoisotopic (exact) mass is 287 g/mol. The molecular weight excluding hydrogens is 270 g/mol. The number of carboxylic acid groups (broad SMARTS) is 1. The number of carbonyl (C=O) groups excluding carboxylic acids is 1. The van der Waals surface area contributed by atoms with Crippen LogP contribution in [0, 0.1) is 17.2 Å². The van der Waals surface area contributed by atoms with E-state index in [2.05, 4.69) is 5.32 Å². The summed E-state index contributed by atoms with van der Waals surface area (Å²) in [6.07, 6.45) is 1.56. The van der Waals surface area contributed by atoms with E-state index >= 15 is 0 Å². The number of hydrogen-bond acceptors (Lipinski definition) is 3. The Bertz CT molecular complexity index is 594. The second-order valence-electron chi connectivity index (χ2n) is 5.18. The summed E-state index contributed by atoms with van der Waals surface area (Å²) in [7, 11) is 0. The fraction of sp³-hybridized carbons (Fsp3) is 0.400. The molecule has 2 atom stereocenters. The molecule has 1 heterocycles. The van der Waals surface area contributed by atoms with Crippen molar-refractivity contribution in [1.82, 2.24) is 4.90 Å². The first-order valence-corrected chi connectivity index (χ1v) is 6.84. The zero-order valence-electron chi connectivity index (χ0n) is 11.7. The maximum atomic E-state index is 12.3. The second kappa shape index (κ2) is 6.27. The topological polar surface area (TPSA) is 93.4 Å². The van der Waals surface area contributed by atoms with Gasteiger partial charge in [-0.3, -0.25) is 0 Å². The molecule has 0 aliphatic carbocycles. The van der Waals surface area contributed by atoms with Crippen LogP contribution in [0.3, 0.4) is 0 Å². The van der Waals surface area contributed by atoms with Gasteiger partial charge in [0.2, 0.25) is 0 Å². The minimum Gasteiger partial charge on any atom is -0.480 e. The van der Waals surface area contributed by atoms with Gasteiger partial charge >= 0.3 is 12.0 Å². The van der Waals surface area contributed by atoms with Crippen LogP contribution in [-0.2, 0) is 4.79 Å². The van der Waals surface area contributed by atoms with E-state index in [1.165, 1.54) is 4.90 Å². The highest BCUT2D eigenvalue weighted by Gasteiger charge is 2.37. The summed E-state index contributed by atoms with van der Waals surface area (Å²) >= 11 is 0. The number of para-hydroxylation sites is 1. The zero-order valence-corrected chi connectivity index (χ0v) is 11.7. The Hall–Kier alpha value is -2.55. The Kier molecular flexibility index (Phi) is 4.43. The Morgan fingerprint density at radius 1 is 1.43 bits per heavy atom. The van der Waals surface area contributed by atoms with E-state index in [0.29, 0.717) is 17.8 Å². The van der Waals surface area contributed by atoms with Crippen molar-refractivity contribution in [2.45, 2.75) is 25.8 Å². The number of anilines is 1. The number of aliphatic carboxylic acids is 1. The van der Waals surface area contributed by atoms with Crippen LogP contribution in [0.2, 0.25) is 0 Å². The minimum atomic E-state index is -0.995. The number of rotatable bonds is 2. The van der Waals surface area contributed by atoms with Crippen molar-refractivity contribution in [2.75, 3.05) is 11.9 Å². The smallest absolute Gasteiger partial charge is 0.326 e. The number of amides is 2. The number of hydrogen-bond donors (Lipinski definition) is 2. The highest BCUT2D eigenvalue weighted by Crippen LogP contribution is 2.25. The van der Waals surface area contributed by atoms with Crippen molar-refractivity contribution in [1.29, 1.82) is 5.26 Å². The van der Waals surface area contributed by atoms with Crippen molar-refractivity contribution < 1.29 is 14.7 Å². The van der Waals surface area contributed by atoms with Crippen molar-refractivity contribution in [3.8, 4) is 6.07 Å². The van der Waals surface area contributed by atoms with Crippen LogP contribution in [0.15, 0.2) is 24.3 Å². The van der Waals surface area contributed by atoms with Gasteiger partial charge in [-0.15, -0.1) is 0 Å². The standard InChI is InChI=1S/C15H17N3O3/c1-10-5-4-8-18(13(10)14(19)20)15(21)17-12-7-3-2-6-11(12)9-16/h2-3,6-7,10,13H,4-5,8H2,1H3,(H,17,21)(H,19,20). The predicted molar refractivity (Wildman–Crippen MR) is 76.7 cm³/mol. The lowest BCUT2D eigenvalue weighted by Gasteiger charge is -2.37. The van der Waals surface area contributed by atoms with Gasteiger partial charge in [-0.25, -0.2) is 9.59 Å². The van der Waals surface area contributed by atoms with Crippen molar-refractivity contribution in [2.24, 2.45) is 5.92 Å². The third-order valence-electron chi connectivity index (χ3n) is 3.74. The van der Waals surface area contributed by atoms with Crippen LogP contribution in [0.4, 0.5) is 10.5 Å². The molecule has 1 aliphatic heterocycles. The van der Waals surface area contributed by atoms with E-state index in [9.17, 15) is 14.7 Å². The van der Waals surface area contributed by atoms with Crippen LogP contribution in [0.25, 0.3) is 0 Å². The van der Waals surface area contributed by atoms with Gasteiger partial charge in [0, 0.05) is 6.54 Å². The largest absolute Gasteiger partial charge is 0.480 e. The van der Waals surface area contributed by atoms with Crippen molar-refractivity contribution in [3.63, 3.8) is 0 Å². The van der Waals surface area contributed by atoms with Gasteiger partial charge in [0.15, 0.2) is 0 Å². The van der Waals surface area contributed by atoms with Crippen molar-refractivity contribution in [3.05, 3.63) is 29.8 Å². The molecular formula is C15H17N3O3. The fourth-order valence-electron chi connectivity index (χ4n) is 2.67. The van der Waals surface area contributed by atoms with Gasteiger partial charge in [-0.2, -0.15) is 5.26 Å². The predicted octanol–water partition coefficient (Wildman–Crippen LogP) is 2.28. The first-order valence-electron chi connectivity index (χ1n) is 6.84. The van der Waals surface area contributed by atoms with Crippen LogP contribution in [-0.4, -0.2) is 34.6 Å². The van der Waals surface area contributed by atoms with Gasteiger partial charge in [0.1, 0.15) is 12.1 Å². The first-order chi connectivity index (χ1) is 10.0. The van der Waals surface area contributed by atoms with Gasteiger partial charge in [-0.05, 0) is 30.9 Å². The van der Waals surface area contributed by atoms with Crippen LogP contribution >= 0.6 is 0 Å². The summed E-state index contributed by atoms with van der Waals surface area (Å²) in [5.41, 5.74) is 0.746. The van der Waals surface area contributed by atoms with Crippen LogP contribution < -0.4 is 5.32 Å². The molecule has 1 fully saturated rings. The summed E-state index contributed by atoms with van der Waals surface area (Å²) in [5, 5.41) is 21.0. The summed E-state index contributed by atoms with van der Waals surface area (Å²) in [6.45, 7) is 2.24. The molecule has 21 heavy (non-hydrogen) atoms. The van der Waals surface area contributed by atoms with Gasteiger partial charge in [0.25, 0.3) is 0 Å². The normalized spacial score (nSPS) is 21.4. The Morgan fingerprint density at radius 3 is 2.81 bits per heavy atom. The lowest BCUT2D eigenvalue weighted by molar-refractivity contribution is -0.145. The molecule has 2 N–H and O–H groups in total. The Labute approximate surface area is 123 Å². The third kappa shape index (κ3) is 3.14. The van der Waals surface area contributed by atoms with E-state index in [1.807, 2.05) is 13.0 Å². The van der Waals surface area contributed by atoms with Gasteiger partial charge in [-0.1, -0.05) is 19.1 Å². The quantitative estimate of drug-likeness (QED) is 0.872. The number of benzene rings is 1. The average molecular weight is 287 g/mol. The Balaban J connectivity index is 2.19. The summed E-state index contributed by atoms with van der Waals surface area (Å²) in [5.74, 6) is -1.08. The number of urea groups is 1. The molecule has 1 aromatic carbocycles. The average Bonchev–Trinajstić information content (AvgIpc) is 2.47. The fourth-order valence-corrected chi connectivity index (χ4v) is 2.67. The molecule has 1 aromatic rings. The molecule has 0 radical (unpaired) electrons. The van der Waals surface area contributed by atoms with Gasteiger partial charge in [0.05, 0.1) is 11.3 Å². The van der Waals surface area contributed by atoms with E-state index < -0.39 is 18.0 Å². The number of likely N-dealkylation sites (tertiary alicyclic amines) is 1. The number of nitrogens with one attached hydrogen (secondary N) is 1. The molecule has 0 bridgehead atoms. The molecule has 1 saturated heterocycles.